The minimum Gasteiger partial charge on any atom is -0.452 e. The van der Waals surface area contributed by atoms with E-state index >= 15 is 0 Å². The van der Waals surface area contributed by atoms with E-state index in [9.17, 15) is 4.79 Å². The summed E-state index contributed by atoms with van der Waals surface area (Å²) in [7, 11) is 0. The minimum absolute atomic E-state index is 0.259. The number of hydrogen-bond acceptors (Lipinski definition) is 3. The van der Waals surface area contributed by atoms with Crippen molar-refractivity contribution in [1.82, 2.24) is 0 Å². The molecule has 17 heavy (non-hydrogen) atoms. The third-order valence-corrected chi connectivity index (χ3v) is 2.52. The molecule has 0 radical (unpaired) electrons. The average Bonchev–Trinajstić information content (AvgIpc) is 2.38. The van der Waals surface area contributed by atoms with E-state index in [1.54, 1.807) is 12.2 Å². The van der Waals surface area contributed by atoms with Crippen molar-refractivity contribution in [3.05, 3.63) is 60.7 Å². The smallest absolute Gasteiger partial charge is 0.331 e. The summed E-state index contributed by atoms with van der Waals surface area (Å²) in [4.78, 5) is 11.0. The molecule has 0 saturated heterocycles. The maximum absolute atomic E-state index is 11.0. The van der Waals surface area contributed by atoms with Crippen molar-refractivity contribution >= 4 is 5.97 Å². The van der Waals surface area contributed by atoms with Gasteiger partial charge in [0.05, 0.1) is 6.61 Å². The number of esters is 1. The first-order chi connectivity index (χ1) is 8.29. The van der Waals surface area contributed by atoms with Crippen LogP contribution in [-0.2, 0) is 20.9 Å². The lowest BCUT2D eigenvalue weighted by Gasteiger charge is -2.24. The number of rotatable bonds is 4. The third-order valence-electron chi connectivity index (χ3n) is 2.52. The second-order valence-electron chi connectivity index (χ2n) is 3.76. The monoisotopic (exact) mass is 230 g/mol. The summed E-state index contributed by atoms with van der Waals surface area (Å²) in [6.45, 7) is 4.12. The van der Waals surface area contributed by atoms with Crippen LogP contribution in [0.1, 0.15) is 5.56 Å². The van der Waals surface area contributed by atoms with Crippen LogP contribution in [0.4, 0.5) is 0 Å². The molecule has 0 bridgehead atoms. The Kier molecular flexibility index (Phi) is 3.73. The van der Waals surface area contributed by atoms with Gasteiger partial charge in [-0.2, -0.15) is 0 Å². The zero-order chi connectivity index (χ0) is 12.1. The van der Waals surface area contributed by atoms with Crippen molar-refractivity contribution in [2.75, 3.05) is 0 Å². The Balaban J connectivity index is 1.96. The van der Waals surface area contributed by atoms with Gasteiger partial charge in [-0.05, 0) is 17.7 Å². The average molecular weight is 230 g/mol. The highest BCUT2D eigenvalue weighted by atomic mass is 16.6. The molecule has 3 nitrogen and oxygen atoms in total. The molecule has 0 aliphatic carbocycles. The molecule has 0 fully saturated rings. The maximum atomic E-state index is 11.0. The van der Waals surface area contributed by atoms with E-state index in [0.29, 0.717) is 6.61 Å². The molecule has 3 heteroatoms. The Hall–Kier alpha value is -1.87. The van der Waals surface area contributed by atoms with Gasteiger partial charge in [0, 0.05) is 6.08 Å². The minimum atomic E-state index is -0.406. The van der Waals surface area contributed by atoms with E-state index < -0.39 is 6.10 Å². The van der Waals surface area contributed by atoms with Gasteiger partial charge in [-0.15, -0.1) is 0 Å². The molecule has 0 saturated carbocycles. The van der Waals surface area contributed by atoms with Crippen LogP contribution in [0.2, 0.25) is 0 Å². The van der Waals surface area contributed by atoms with Gasteiger partial charge in [0.25, 0.3) is 0 Å². The Morgan fingerprint density at radius 1 is 1.35 bits per heavy atom. The summed E-state index contributed by atoms with van der Waals surface area (Å²) in [5.41, 5.74) is 1.08. The molecule has 2 atom stereocenters. The number of carbonyl (C=O) groups excluding carboxylic acids is 1. The summed E-state index contributed by atoms with van der Waals surface area (Å²) in [6.07, 6.45) is 4.01. The second kappa shape index (κ2) is 5.46. The summed E-state index contributed by atoms with van der Waals surface area (Å²) in [5, 5.41) is 0. The van der Waals surface area contributed by atoms with E-state index in [1.165, 1.54) is 6.08 Å². The molecule has 0 spiro atoms. The largest absolute Gasteiger partial charge is 0.452 e. The van der Waals surface area contributed by atoms with Crippen molar-refractivity contribution in [3.63, 3.8) is 0 Å². The van der Waals surface area contributed by atoms with Crippen molar-refractivity contribution in [1.29, 1.82) is 0 Å². The summed E-state index contributed by atoms with van der Waals surface area (Å²) in [5.74, 6) is -0.352. The summed E-state index contributed by atoms with van der Waals surface area (Å²) >= 11 is 0. The molecule has 0 amide bonds. The number of carbonyl (C=O) groups is 1. The van der Waals surface area contributed by atoms with Crippen molar-refractivity contribution in [3.8, 4) is 0 Å². The van der Waals surface area contributed by atoms with E-state index in [-0.39, 0.29) is 12.1 Å². The van der Waals surface area contributed by atoms with Gasteiger partial charge < -0.3 is 9.47 Å². The van der Waals surface area contributed by atoms with Crippen molar-refractivity contribution in [2.24, 2.45) is 0 Å². The van der Waals surface area contributed by atoms with Crippen molar-refractivity contribution < 1.29 is 14.3 Å². The molecule has 0 N–H and O–H groups in total. The number of hydrogen-bond donors (Lipinski definition) is 0. The SMILES string of the molecule is C=C[C@@H]1OC(=O)C=C[C@@H]1OCc1ccccc1. The van der Waals surface area contributed by atoms with Crippen LogP contribution in [0.15, 0.2) is 55.1 Å². The molecule has 88 valence electrons. The Bertz CT molecular complexity index is 422. The molecule has 1 aromatic carbocycles. The van der Waals surface area contributed by atoms with Gasteiger partial charge in [0.1, 0.15) is 12.2 Å². The fraction of sp³-hybridized carbons (Fsp3) is 0.214. The molecule has 1 aliphatic heterocycles. The number of benzene rings is 1. The zero-order valence-electron chi connectivity index (χ0n) is 9.41. The third kappa shape index (κ3) is 3.04. The first-order valence-electron chi connectivity index (χ1n) is 5.46. The van der Waals surface area contributed by atoms with Crippen LogP contribution >= 0.6 is 0 Å². The Labute approximate surface area is 100 Å². The molecule has 0 unspecified atom stereocenters. The standard InChI is InChI=1S/C14H14O3/c1-2-12-13(8-9-14(15)17-12)16-10-11-6-4-3-5-7-11/h2-9,12-13H,1,10H2/t12-,13-/m0/s1. The lowest BCUT2D eigenvalue weighted by molar-refractivity contribution is -0.148. The highest BCUT2D eigenvalue weighted by Gasteiger charge is 2.24. The van der Waals surface area contributed by atoms with Crippen LogP contribution in [0.3, 0.4) is 0 Å². The quantitative estimate of drug-likeness (QED) is 0.588. The summed E-state index contributed by atoms with van der Waals surface area (Å²) < 4.78 is 10.8. The fourth-order valence-electron chi connectivity index (χ4n) is 1.62. The fourth-order valence-corrected chi connectivity index (χ4v) is 1.62. The van der Waals surface area contributed by atoms with Gasteiger partial charge in [0.15, 0.2) is 0 Å². The van der Waals surface area contributed by atoms with Crippen LogP contribution < -0.4 is 0 Å². The van der Waals surface area contributed by atoms with Crippen LogP contribution in [0.25, 0.3) is 0 Å². The molecule has 1 heterocycles. The number of cyclic esters (lactones) is 1. The van der Waals surface area contributed by atoms with Crippen LogP contribution in [0, 0.1) is 0 Å². The normalized spacial score (nSPS) is 23.2. The first-order valence-corrected chi connectivity index (χ1v) is 5.46. The first kappa shape index (κ1) is 11.6. The van der Waals surface area contributed by atoms with E-state index in [2.05, 4.69) is 6.58 Å². The summed E-state index contributed by atoms with van der Waals surface area (Å²) in [6, 6.07) is 9.85. The van der Waals surface area contributed by atoms with Gasteiger partial charge in [0.2, 0.25) is 0 Å². The zero-order valence-corrected chi connectivity index (χ0v) is 9.41. The molecule has 1 aliphatic rings. The lowest BCUT2D eigenvalue weighted by atomic mass is 10.1. The Morgan fingerprint density at radius 2 is 2.12 bits per heavy atom. The highest BCUT2D eigenvalue weighted by molar-refractivity contribution is 5.83. The van der Waals surface area contributed by atoms with Gasteiger partial charge in [-0.1, -0.05) is 36.9 Å². The number of ether oxygens (including phenoxy) is 2. The van der Waals surface area contributed by atoms with Crippen molar-refractivity contribution in [2.45, 2.75) is 18.8 Å². The van der Waals surface area contributed by atoms with E-state index in [1.807, 2.05) is 30.3 Å². The van der Waals surface area contributed by atoms with E-state index in [0.717, 1.165) is 5.56 Å². The second-order valence-corrected chi connectivity index (χ2v) is 3.76. The molecule has 2 rings (SSSR count). The molecule has 0 aromatic heterocycles. The predicted molar refractivity (Wildman–Crippen MR) is 64.2 cm³/mol. The van der Waals surface area contributed by atoms with Crippen LogP contribution in [0.5, 0.6) is 0 Å². The highest BCUT2D eigenvalue weighted by Crippen LogP contribution is 2.15. The van der Waals surface area contributed by atoms with Gasteiger partial charge in [-0.3, -0.25) is 0 Å². The van der Waals surface area contributed by atoms with Gasteiger partial charge >= 0.3 is 5.97 Å². The van der Waals surface area contributed by atoms with Gasteiger partial charge in [-0.25, -0.2) is 4.79 Å². The topological polar surface area (TPSA) is 35.5 Å². The van der Waals surface area contributed by atoms with E-state index in [4.69, 9.17) is 9.47 Å². The van der Waals surface area contributed by atoms with Crippen LogP contribution in [-0.4, -0.2) is 18.2 Å². The molecular formula is C14H14O3. The lowest BCUT2D eigenvalue weighted by Crippen LogP contribution is -2.33. The Morgan fingerprint density at radius 3 is 2.82 bits per heavy atom. The molecular weight excluding hydrogens is 216 g/mol. The predicted octanol–water partition coefficient (Wildman–Crippen LogP) is 2.24. The molecule has 1 aromatic rings. The maximum Gasteiger partial charge on any atom is 0.331 e.